The Morgan fingerprint density at radius 1 is 1.00 bits per heavy atom. The fraction of sp³-hybridized carbons (Fsp3) is 0.0435. The number of nitrogens with zero attached hydrogens (tertiary/aromatic N) is 2. The van der Waals surface area contributed by atoms with Crippen LogP contribution in [0.2, 0.25) is 0 Å². The topological polar surface area (TPSA) is 62.5 Å². The SMILES string of the molecule is C=C1Nc2ccccc2C(c2ccccc2)=NC1Nc1nc2cc(F)ccc2o1. The third-order valence-corrected chi connectivity index (χ3v) is 4.72. The van der Waals surface area contributed by atoms with Gasteiger partial charge >= 0.3 is 0 Å². The van der Waals surface area contributed by atoms with E-state index in [2.05, 4.69) is 22.2 Å². The minimum absolute atomic E-state index is 0.251. The molecule has 0 aliphatic carbocycles. The second kappa shape index (κ2) is 6.91. The van der Waals surface area contributed by atoms with Gasteiger partial charge in [0.1, 0.15) is 11.3 Å². The van der Waals surface area contributed by atoms with E-state index in [1.165, 1.54) is 12.1 Å². The standard InChI is InChI=1S/C23H17FN4O/c1-14-22(28-23-26-19-13-16(24)11-12-20(19)29-23)27-21(15-7-3-2-4-8-15)17-9-5-6-10-18(17)25-14/h2-13,22,25H,1H2,(H,26,28). The molecule has 0 bridgehead atoms. The zero-order valence-electron chi connectivity index (χ0n) is 15.4. The number of aliphatic imine (C=N–C) groups is 1. The van der Waals surface area contributed by atoms with Crippen molar-refractivity contribution in [3.8, 4) is 0 Å². The first-order chi connectivity index (χ1) is 14.2. The maximum atomic E-state index is 13.5. The molecule has 29 heavy (non-hydrogen) atoms. The van der Waals surface area contributed by atoms with Crippen molar-refractivity contribution in [2.24, 2.45) is 4.99 Å². The number of hydrogen-bond acceptors (Lipinski definition) is 5. The van der Waals surface area contributed by atoms with Gasteiger partial charge in [-0.1, -0.05) is 55.1 Å². The van der Waals surface area contributed by atoms with Gasteiger partial charge in [-0.25, -0.2) is 4.39 Å². The molecule has 142 valence electrons. The highest BCUT2D eigenvalue weighted by atomic mass is 19.1. The second-order valence-corrected chi connectivity index (χ2v) is 6.72. The summed E-state index contributed by atoms with van der Waals surface area (Å²) in [4.78, 5) is 9.24. The molecule has 4 aromatic rings. The molecule has 1 aliphatic rings. The summed E-state index contributed by atoms with van der Waals surface area (Å²) in [5, 5.41) is 6.50. The maximum Gasteiger partial charge on any atom is 0.297 e. The van der Waals surface area contributed by atoms with Crippen LogP contribution in [0.15, 0.2) is 94.5 Å². The number of nitrogens with one attached hydrogen (secondary N) is 2. The van der Waals surface area contributed by atoms with Crippen LogP contribution in [-0.4, -0.2) is 16.9 Å². The number of para-hydroxylation sites is 1. The van der Waals surface area contributed by atoms with Crippen molar-refractivity contribution < 1.29 is 8.81 Å². The number of rotatable bonds is 3. The number of anilines is 2. The summed E-state index contributed by atoms with van der Waals surface area (Å²) in [6, 6.07) is 22.4. The van der Waals surface area contributed by atoms with Crippen molar-refractivity contribution in [2.45, 2.75) is 6.17 Å². The normalized spacial score (nSPS) is 16.0. The van der Waals surface area contributed by atoms with E-state index in [1.54, 1.807) is 6.07 Å². The molecule has 2 heterocycles. The van der Waals surface area contributed by atoms with Gasteiger partial charge in [0.25, 0.3) is 6.01 Å². The number of halogens is 1. The molecule has 0 saturated heterocycles. The third kappa shape index (κ3) is 3.25. The first-order valence-electron chi connectivity index (χ1n) is 9.18. The predicted molar refractivity (Wildman–Crippen MR) is 113 cm³/mol. The first kappa shape index (κ1) is 17.2. The Morgan fingerprint density at radius 2 is 1.79 bits per heavy atom. The Bertz CT molecular complexity index is 1250. The monoisotopic (exact) mass is 384 g/mol. The largest absolute Gasteiger partial charge is 0.424 e. The summed E-state index contributed by atoms with van der Waals surface area (Å²) in [7, 11) is 0. The molecule has 6 heteroatoms. The highest BCUT2D eigenvalue weighted by Crippen LogP contribution is 2.28. The van der Waals surface area contributed by atoms with Crippen LogP contribution < -0.4 is 10.6 Å². The number of benzodiazepines with no additional fused rings is 1. The molecule has 5 rings (SSSR count). The quantitative estimate of drug-likeness (QED) is 0.511. The summed E-state index contributed by atoms with van der Waals surface area (Å²) in [6.07, 6.45) is -0.532. The van der Waals surface area contributed by atoms with Crippen molar-refractivity contribution in [3.05, 3.63) is 102 Å². The lowest BCUT2D eigenvalue weighted by Gasteiger charge is -2.15. The molecule has 0 spiro atoms. The van der Waals surface area contributed by atoms with Gasteiger partial charge < -0.3 is 15.1 Å². The van der Waals surface area contributed by atoms with Crippen LogP contribution in [0.5, 0.6) is 0 Å². The molecule has 0 fully saturated rings. The van der Waals surface area contributed by atoms with E-state index in [9.17, 15) is 4.39 Å². The van der Waals surface area contributed by atoms with Gasteiger partial charge in [0.15, 0.2) is 11.7 Å². The molecule has 2 N–H and O–H groups in total. The van der Waals surface area contributed by atoms with Crippen molar-refractivity contribution in [2.75, 3.05) is 10.6 Å². The molecule has 0 radical (unpaired) electrons. The van der Waals surface area contributed by atoms with Gasteiger partial charge in [-0.2, -0.15) is 4.98 Å². The van der Waals surface area contributed by atoms with E-state index in [4.69, 9.17) is 9.41 Å². The van der Waals surface area contributed by atoms with E-state index in [-0.39, 0.29) is 11.8 Å². The fourth-order valence-electron chi connectivity index (χ4n) is 3.34. The lowest BCUT2D eigenvalue weighted by molar-refractivity contribution is 0.603. The smallest absolute Gasteiger partial charge is 0.297 e. The molecule has 1 atom stereocenters. The lowest BCUT2D eigenvalue weighted by Crippen LogP contribution is -2.23. The van der Waals surface area contributed by atoms with Crippen molar-refractivity contribution in [3.63, 3.8) is 0 Å². The van der Waals surface area contributed by atoms with E-state index in [1.807, 2.05) is 54.6 Å². The van der Waals surface area contributed by atoms with Gasteiger partial charge in [-0.3, -0.25) is 4.99 Å². The molecular weight excluding hydrogens is 367 g/mol. The summed E-state index contributed by atoms with van der Waals surface area (Å²) in [5.41, 5.74) is 5.30. The Morgan fingerprint density at radius 3 is 2.66 bits per heavy atom. The molecular formula is C23H17FN4O. The van der Waals surface area contributed by atoms with Gasteiger partial charge in [-0.05, 0) is 18.2 Å². The molecule has 0 amide bonds. The minimum Gasteiger partial charge on any atom is -0.424 e. The zero-order valence-corrected chi connectivity index (χ0v) is 15.4. The van der Waals surface area contributed by atoms with Crippen LogP contribution in [0.3, 0.4) is 0 Å². The summed E-state index contributed by atoms with van der Waals surface area (Å²) < 4.78 is 19.2. The average Bonchev–Trinajstić information content (AvgIpc) is 3.07. The van der Waals surface area contributed by atoms with Crippen molar-refractivity contribution >= 4 is 28.5 Å². The summed E-state index contributed by atoms with van der Waals surface area (Å²) >= 11 is 0. The van der Waals surface area contributed by atoms with Crippen LogP contribution in [0.25, 0.3) is 11.1 Å². The van der Waals surface area contributed by atoms with Crippen LogP contribution >= 0.6 is 0 Å². The summed E-state index contributed by atoms with van der Waals surface area (Å²) in [6.45, 7) is 4.14. The Kier molecular flexibility index (Phi) is 4.09. The van der Waals surface area contributed by atoms with Crippen LogP contribution in [0.4, 0.5) is 16.1 Å². The Balaban J connectivity index is 1.57. The van der Waals surface area contributed by atoms with Gasteiger partial charge in [-0.15, -0.1) is 0 Å². The molecule has 1 unspecified atom stereocenters. The minimum atomic E-state index is -0.532. The van der Waals surface area contributed by atoms with E-state index < -0.39 is 6.17 Å². The van der Waals surface area contributed by atoms with E-state index in [0.29, 0.717) is 16.8 Å². The first-order valence-corrected chi connectivity index (χ1v) is 9.18. The van der Waals surface area contributed by atoms with Crippen LogP contribution in [-0.2, 0) is 0 Å². The van der Waals surface area contributed by atoms with Crippen LogP contribution in [0.1, 0.15) is 11.1 Å². The number of oxazole rings is 1. The number of hydrogen-bond donors (Lipinski definition) is 2. The zero-order chi connectivity index (χ0) is 19.8. The highest BCUT2D eigenvalue weighted by Gasteiger charge is 2.23. The molecule has 3 aromatic carbocycles. The average molecular weight is 384 g/mol. The van der Waals surface area contributed by atoms with Crippen molar-refractivity contribution in [1.82, 2.24) is 4.98 Å². The number of fused-ring (bicyclic) bond motifs is 2. The molecule has 1 aromatic heterocycles. The van der Waals surface area contributed by atoms with Crippen LogP contribution in [0, 0.1) is 5.82 Å². The summed E-state index contributed by atoms with van der Waals surface area (Å²) in [5.74, 6) is -0.363. The molecule has 1 aliphatic heterocycles. The lowest BCUT2D eigenvalue weighted by atomic mass is 10.0. The third-order valence-electron chi connectivity index (χ3n) is 4.72. The highest BCUT2D eigenvalue weighted by molar-refractivity contribution is 6.16. The van der Waals surface area contributed by atoms with E-state index in [0.717, 1.165) is 22.5 Å². The molecule has 0 saturated carbocycles. The van der Waals surface area contributed by atoms with Gasteiger partial charge in [0, 0.05) is 22.9 Å². The van der Waals surface area contributed by atoms with E-state index >= 15 is 0 Å². The molecule has 5 nitrogen and oxygen atoms in total. The van der Waals surface area contributed by atoms with Gasteiger partial charge in [0.05, 0.1) is 11.4 Å². The Hall–Kier alpha value is -3.93. The number of benzene rings is 3. The number of aromatic nitrogens is 1. The Labute approximate surface area is 166 Å². The van der Waals surface area contributed by atoms with Crippen molar-refractivity contribution in [1.29, 1.82) is 0 Å². The van der Waals surface area contributed by atoms with Gasteiger partial charge in [0.2, 0.25) is 0 Å². The predicted octanol–water partition coefficient (Wildman–Crippen LogP) is 5.18. The second-order valence-electron chi connectivity index (χ2n) is 6.72. The maximum absolute atomic E-state index is 13.5. The fourth-order valence-corrected chi connectivity index (χ4v) is 3.34.